The summed E-state index contributed by atoms with van der Waals surface area (Å²) in [7, 11) is 0. The van der Waals surface area contributed by atoms with E-state index < -0.39 is 0 Å². The van der Waals surface area contributed by atoms with E-state index in [1.165, 1.54) is 4.68 Å². The molecule has 144 valence electrons. The van der Waals surface area contributed by atoms with Crippen LogP contribution in [0.15, 0.2) is 58.2 Å². The van der Waals surface area contributed by atoms with Crippen LogP contribution in [0.4, 0.5) is 5.69 Å². The number of thioether (sulfide) groups is 1. The summed E-state index contributed by atoms with van der Waals surface area (Å²) in [5.41, 5.74) is 1.15. The molecule has 1 amide bonds. The van der Waals surface area contributed by atoms with Crippen molar-refractivity contribution in [3.8, 4) is 0 Å². The highest BCUT2D eigenvalue weighted by Gasteiger charge is 2.26. The number of rotatable bonds is 4. The summed E-state index contributed by atoms with van der Waals surface area (Å²) in [4.78, 5) is 29.3. The number of aromatic nitrogens is 2. The summed E-state index contributed by atoms with van der Waals surface area (Å²) in [6.07, 6.45) is 2.72. The zero-order valence-corrected chi connectivity index (χ0v) is 16.7. The Morgan fingerprint density at radius 2 is 1.86 bits per heavy atom. The van der Waals surface area contributed by atoms with E-state index in [-0.39, 0.29) is 11.5 Å². The van der Waals surface area contributed by atoms with Crippen molar-refractivity contribution in [3.05, 3.63) is 64.6 Å². The molecule has 0 radical (unpaired) electrons. The molecular formula is C22H23N3O2S. The second-order valence-electron chi connectivity index (χ2n) is 6.90. The minimum atomic E-state index is -0.142. The summed E-state index contributed by atoms with van der Waals surface area (Å²) in [6.45, 7) is 3.24. The van der Waals surface area contributed by atoms with E-state index in [0.29, 0.717) is 29.6 Å². The first-order valence-electron chi connectivity index (χ1n) is 9.74. The molecule has 0 unspecified atom stereocenters. The highest BCUT2D eigenvalue weighted by molar-refractivity contribution is 7.99. The van der Waals surface area contributed by atoms with Gasteiger partial charge in [0.05, 0.1) is 11.1 Å². The summed E-state index contributed by atoms with van der Waals surface area (Å²) in [5.74, 6) is 0.835. The van der Waals surface area contributed by atoms with Crippen LogP contribution in [0.25, 0.3) is 10.8 Å². The lowest BCUT2D eigenvalue weighted by molar-refractivity contribution is 0.0981. The van der Waals surface area contributed by atoms with E-state index in [4.69, 9.17) is 0 Å². The molecule has 1 aromatic heterocycles. The third kappa shape index (κ3) is 3.44. The predicted molar refractivity (Wildman–Crippen MR) is 114 cm³/mol. The number of benzene rings is 2. The van der Waals surface area contributed by atoms with Gasteiger partial charge in [0.1, 0.15) is 0 Å². The second kappa shape index (κ2) is 8.19. The van der Waals surface area contributed by atoms with E-state index in [1.807, 2.05) is 41.3 Å². The van der Waals surface area contributed by atoms with Gasteiger partial charge in [0.15, 0.2) is 5.69 Å². The molecule has 3 aromatic rings. The molecule has 0 N–H and O–H groups in total. The van der Waals surface area contributed by atoms with Gasteiger partial charge in [0, 0.05) is 23.4 Å². The van der Waals surface area contributed by atoms with Gasteiger partial charge in [-0.2, -0.15) is 5.10 Å². The van der Waals surface area contributed by atoms with Gasteiger partial charge >= 0.3 is 0 Å². The lowest BCUT2D eigenvalue weighted by Gasteiger charge is -2.23. The summed E-state index contributed by atoms with van der Waals surface area (Å²) < 4.78 is 1.46. The number of amides is 1. The number of carbonyl (C=O) groups is 1. The molecule has 0 bridgehead atoms. The molecular weight excluding hydrogens is 370 g/mol. The number of hydrogen-bond donors (Lipinski definition) is 0. The fourth-order valence-corrected chi connectivity index (χ4v) is 4.51. The van der Waals surface area contributed by atoms with Crippen LogP contribution >= 0.6 is 11.8 Å². The molecule has 1 aliphatic heterocycles. The summed E-state index contributed by atoms with van der Waals surface area (Å²) in [6, 6.07) is 15.3. The van der Waals surface area contributed by atoms with Crippen molar-refractivity contribution in [1.29, 1.82) is 0 Å². The zero-order valence-electron chi connectivity index (χ0n) is 15.9. The van der Waals surface area contributed by atoms with Crippen LogP contribution in [-0.4, -0.2) is 28.0 Å². The number of hydrogen-bond acceptors (Lipinski definition) is 4. The molecule has 4 rings (SSSR count). The third-order valence-corrected chi connectivity index (χ3v) is 6.13. The van der Waals surface area contributed by atoms with E-state index in [0.717, 1.165) is 35.6 Å². The van der Waals surface area contributed by atoms with Gasteiger partial charge in [-0.25, -0.2) is 4.68 Å². The Hall–Kier alpha value is -2.60. The van der Waals surface area contributed by atoms with Crippen LogP contribution in [0, 0.1) is 0 Å². The van der Waals surface area contributed by atoms with E-state index >= 15 is 0 Å². The standard InChI is InChI=1S/C22H23N3O2S/c1-2-3-14-25-21(26)17-10-5-4-9-16(17)20(23-25)22(27)24-13-8-15-28-19-12-7-6-11-18(19)24/h4-7,9-12H,2-3,8,13-15H2,1H3. The Kier molecular flexibility index (Phi) is 5.48. The van der Waals surface area contributed by atoms with Crippen LogP contribution in [0.3, 0.4) is 0 Å². The average molecular weight is 394 g/mol. The fourth-order valence-electron chi connectivity index (χ4n) is 3.52. The maximum atomic E-state index is 13.6. The second-order valence-corrected chi connectivity index (χ2v) is 8.04. The van der Waals surface area contributed by atoms with E-state index in [1.54, 1.807) is 17.8 Å². The van der Waals surface area contributed by atoms with Gasteiger partial charge in [-0.1, -0.05) is 43.7 Å². The van der Waals surface area contributed by atoms with Crippen molar-refractivity contribution < 1.29 is 4.79 Å². The molecule has 0 spiro atoms. The molecule has 0 fully saturated rings. The Morgan fingerprint density at radius 3 is 2.68 bits per heavy atom. The van der Waals surface area contributed by atoms with Crippen molar-refractivity contribution in [2.24, 2.45) is 0 Å². The van der Waals surface area contributed by atoms with Crippen LogP contribution in [-0.2, 0) is 6.54 Å². The molecule has 6 heteroatoms. The minimum absolute atomic E-state index is 0.132. The normalized spacial score (nSPS) is 14.0. The Balaban J connectivity index is 1.85. The predicted octanol–water partition coefficient (Wildman–Crippen LogP) is 4.34. The van der Waals surface area contributed by atoms with Crippen LogP contribution in [0.1, 0.15) is 36.7 Å². The number of nitrogens with zero attached hydrogens (tertiary/aromatic N) is 3. The third-order valence-electron chi connectivity index (χ3n) is 4.98. The Bertz CT molecular complexity index is 1080. The lowest BCUT2D eigenvalue weighted by atomic mass is 10.1. The molecule has 2 aromatic carbocycles. The number of unbranched alkanes of at least 4 members (excludes halogenated alkanes) is 1. The van der Waals surface area contributed by atoms with Gasteiger partial charge in [-0.05, 0) is 36.8 Å². The minimum Gasteiger partial charge on any atom is -0.306 e. The molecule has 5 nitrogen and oxygen atoms in total. The maximum absolute atomic E-state index is 13.6. The van der Waals surface area contributed by atoms with Crippen LogP contribution < -0.4 is 10.5 Å². The summed E-state index contributed by atoms with van der Waals surface area (Å²) in [5, 5.41) is 5.70. The lowest BCUT2D eigenvalue weighted by Crippen LogP contribution is -2.35. The number of carbonyl (C=O) groups excluding carboxylic acids is 1. The first-order chi connectivity index (χ1) is 13.7. The van der Waals surface area contributed by atoms with E-state index in [9.17, 15) is 9.59 Å². The molecule has 28 heavy (non-hydrogen) atoms. The number of para-hydroxylation sites is 1. The maximum Gasteiger partial charge on any atom is 0.279 e. The Labute approximate surface area is 168 Å². The molecule has 0 saturated heterocycles. The highest BCUT2D eigenvalue weighted by Crippen LogP contribution is 2.34. The first kappa shape index (κ1) is 18.7. The smallest absolute Gasteiger partial charge is 0.279 e. The largest absolute Gasteiger partial charge is 0.306 e. The number of aryl methyl sites for hydroxylation is 1. The van der Waals surface area contributed by atoms with Gasteiger partial charge in [-0.3, -0.25) is 9.59 Å². The SMILES string of the molecule is CCCCn1nc(C(=O)N2CCCSc3ccccc32)c2ccccc2c1=O. The molecule has 0 atom stereocenters. The fraction of sp³-hybridized carbons (Fsp3) is 0.318. The van der Waals surface area contributed by atoms with Crippen LogP contribution in [0.5, 0.6) is 0 Å². The van der Waals surface area contributed by atoms with Crippen molar-refractivity contribution in [3.63, 3.8) is 0 Å². The van der Waals surface area contributed by atoms with Gasteiger partial charge < -0.3 is 4.90 Å². The van der Waals surface area contributed by atoms with E-state index in [2.05, 4.69) is 18.1 Å². The zero-order chi connectivity index (χ0) is 19.5. The van der Waals surface area contributed by atoms with Crippen LogP contribution in [0.2, 0.25) is 0 Å². The van der Waals surface area contributed by atoms with Gasteiger partial charge in [-0.15, -0.1) is 11.8 Å². The molecule has 1 aliphatic rings. The quantitative estimate of drug-likeness (QED) is 0.662. The van der Waals surface area contributed by atoms with Crippen molar-refractivity contribution in [2.45, 2.75) is 37.6 Å². The van der Waals surface area contributed by atoms with Crippen molar-refractivity contribution in [2.75, 3.05) is 17.2 Å². The van der Waals surface area contributed by atoms with Gasteiger partial charge in [0.25, 0.3) is 11.5 Å². The first-order valence-corrected chi connectivity index (χ1v) is 10.7. The van der Waals surface area contributed by atoms with Crippen molar-refractivity contribution >= 4 is 34.1 Å². The molecule has 2 heterocycles. The molecule has 0 aliphatic carbocycles. The average Bonchev–Trinajstić information content (AvgIpc) is 2.95. The van der Waals surface area contributed by atoms with Gasteiger partial charge in [0.2, 0.25) is 0 Å². The highest BCUT2D eigenvalue weighted by atomic mass is 32.2. The van der Waals surface area contributed by atoms with Crippen molar-refractivity contribution in [1.82, 2.24) is 9.78 Å². The number of fused-ring (bicyclic) bond motifs is 2. The molecule has 0 saturated carbocycles. The monoisotopic (exact) mass is 393 g/mol. The topological polar surface area (TPSA) is 55.2 Å². The summed E-state index contributed by atoms with van der Waals surface area (Å²) >= 11 is 1.78. The Morgan fingerprint density at radius 1 is 1.11 bits per heavy atom. The number of anilines is 1.